The summed E-state index contributed by atoms with van der Waals surface area (Å²) in [6, 6.07) is 8.17. The molecule has 2 N–H and O–H groups in total. The second kappa shape index (κ2) is 9.42. The molecule has 1 aromatic rings. The van der Waals surface area contributed by atoms with Crippen molar-refractivity contribution < 1.29 is 9.90 Å². The number of hydrogen-bond donors (Lipinski definition) is 2. The Hall–Kier alpha value is -1.88. The Labute approximate surface area is 144 Å². The van der Waals surface area contributed by atoms with Gasteiger partial charge in [0.15, 0.2) is 0 Å². The molecule has 5 heteroatoms. The minimum absolute atomic E-state index is 0.0117. The molecule has 132 valence electrons. The van der Waals surface area contributed by atoms with E-state index in [0.717, 1.165) is 44.3 Å². The van der Waals surface area contributed by atoms with Gasteiger partial charge in [-0.05, 0) is 63.1 Å². The standard InChI is InChI=1S/C19H29N3O2/c1-3-22(4-2)18-11-7-15(8-12-18)13-20-21-19(24)17-9-5-16(14-23)6-10-17/h7-8,11-13,16-17,23H,3-6,9-10,14H2,1-2H3,(H,21,24)/b20-13+. The Morgan fingerprint density at radius 2 is 1.83 bits per heavy atom. The smallest absolute Gasteiger partial charge is 0.243 e. The van der Waals surface area contributed by atoms with Crippen molar-refractivity contribution in [1.29, 1.82) is 0 Å². The zero-order valence-corrected chi connectivity index (χ0v) is 14.7. The maximum Gasteiger partial charge on any atom is 0.243 e. The molecule has 5 nitrogen and oxygen atoms in total. The lowest BCUT2D eigenvalue weighted by Crippen LogP contribution is -2.30. The summed E-state index contributed by atoms with van der Waals surface area (Å²) in [5, 5.41) is 13.2. The topological polar surface area (TPSA) is 64.9 Å². The molecule has 0 aromatic heterocycles. The summed E-state index contributed by atoms with van der Waals surface area (Å²) in [6.07, 6.45) is 5.20. The number of hydrogen-bond acceptors (Lipinski definition) is 4. The number of benzene rings is 1. The van der Waals surface area contributed by atoms with Crippen LogP contribution in [0, 0.1) is 11.8 Å². The van der Waals surface area contributed by atoms with E-state index in [1.807, 2.05) is 12.1 Å². The molecular formula is C19H29N3O2. The molecule has 0 saturated heterocycles. The highest BCUT2D eigenvalue weighted by molar-refractivity contribution is 5.83. The van der Waals surface area contributed by atoms with E-state index >= 15 is 0 Å². The van der Waals surface area contributed by atoms with E-state index in [2.05, 4.69) is 41.4 Å². The first-order chi connectivity index (χ1) is 11.7. The summed E-state index contributed by atoms with van der Waals surface area (Å²) in [5.41, 5.74) is 4.81. The summed E-state index contributed by atoms with van der Waals surface area (Å²) in [5.74, 6) is 0.374. The lowest BCUT2D eigenvalue weighted by molar-refractivity contribution is -0.126. The van der Waals surface area contributed by atoms with Crippen molar-refractivity contribution in [2.75, 3.05) is 24.6 Å². The van der Waals surface area contributed by atoms with Gasteiger partial charge in [0.1, 0.15) is 0 Å². The predicted molar refractivity (Wildman–Crippen MR) is 98.3 cm³/mol. The third-order valence-electron chi connectivity index (χ3n) is 4.89. The first-order valence-corrected chi connectivity index (χ1v) is 8.96. The van der Waals surface area contributed by atoms with Crippen LogP contribution in [0.3, 0.4) is 0 Å². The number of amides is 1. The van der Waals surface area contributed by atoms with E-state index in [9.17, 15) is 4.79 Å². The Bertz CT molecular complexity index is 530. The second-order valence-corrected chi connectivity index (χ2v) is 6.40. The average molecular weight is 331 g/mol. The summed E-state index contributed by atoms with van der Waals surface area (Å²) in [4.78, 5) is 14.4. The van der Waals surface area contributed by atoms with Gasteiger partial charge in [0.25, 0.3) is 0 Å². The van der Waals surface area contributed by atoms with Crippen LogP contribution < -0.4 is 10.3 Å². The highest BCUT2D eigenvalue weighted by Gasteiger charge is 2.25. The minimum atomic E-state index is -0.0117. The third kappa shape index (κ3) is 5.06. The normalized spacial score (nSPS) is 21.0. The molecule has 0 aliphatic heterocycles. The first kappa shape index (κ1) is 18.5. The van der Waals surface area contributed by atoms with Gasteiger partial charge in [-0.3, -0.25) is 4.79 Å². The van der Waals surface area contributed by atoms with Gasteiger partial charge in [0.2, 0.25) is 5.91 Å². The number of hydrazone groups is 1. The van der Waals surface area contributed by atoms with Gasteiger partial charge in [-0.25, -0.2) is 5.43 Å². The van der Waals surface area contributed by atoms with Gasteiger partial charge in [-0.1, -0.05) is 12.1 Å². The highest BCUT2D eigenvalue weighted by atomic mass is 16.3. The number of aliphatic hydroxyl groups is 1. The lowest BCUT2D eigenvalue weighted by Gasteiger charge is -2.25. The third-order valence-corrected chi connectivity index (χ3v) is 4.89. The van der Waals surface area contributed by atoms with Crippen LogP contribution in [0.4, 0.5) is 5.69 Å². The van der Waals surface area contributed by atoms with E-state index in [0.29, 0.717) is 5.92 Å². The Morgan fingerprint density at radius 1 is 1.21 bits per heavy atom. The van der Waals surface area contributed by atoms with Crippen molar-refractivity contribution in [2.45, 2.75) is 39.5 Å². The second-order valence-electron chi connectivity index (χ2n) is 6.40. The lowest BCUT2D eigenvalue weighted by atomic mass is 9.82. The summed E-state index contributed by atoms with van der Waals surface area (Å²) in [6.45, 7) is 6.48. The van der Waals surface area contributed by atoms with E-state index in [4.69, 9.17) is 5.11 Å². The number of anilines is 1. The number of rotatable bonds is 7. The molecule has 1 aliphatic carbocycles. The number of carbonyl (C=O) groups is 1. The monoisotopic (exact) mass is 331 g/mol. The molecule has 1 aliphatic rings. The van der Waals surface area contributed by atoms with Crippen LogP contribution in [-0.4, -0.2) is 36.9 Å². The van der Waals surface area contributed by atoms with Crippen LogP contribution >= 0.6 is 0 Å². The number of nitrogens with one attached hydrogen (secondary N) is 1. The van der Waals surface area contributed by atoms with Gasteiger partial charge in [0.05, 0.1) is 6.21 Å². The first-order valence-electron chi connectivity index (χ1n) is 8.96. The van der Waals surface area contributed by atoms with Gasteiger partial charge in [-0.15, -0.1) is 0 Å². The highest BCUT2D eigenvalue weighted by Crippen LogP contribution is 2.28. The molecule has 1 saturated carbocycles. The van der Waals surface area contributed by atoms with Crippen molar-refractivity contribution in [1.82, 2.24) is 5.43 Å². The van der Waals surface area contributed by atoms with Crippen molar-refractivity contribution in [2.24, 2.45) is 16.9 Å². The summed E-state index contributed by atoms with van der Waals surface area (Å²) < 4.78 is 0. The molecule has 0 atom stereocenters. The van der Waals surface area contributed by atoms with E-state index < -0.39 is 0 Å². The average Bonchev–Trinajstić information content (AvgIpc) is 2.64. The Balaban J connectivity index is 1.82. The zero-order chi connectivity index (χ0) is 17.4. The van der Waals surface area contributed by atoms with Crippen LogP contribution in [-0.2, 0) is 4.79 Å². The fraction of sp³-hybridized carbons (Fsp3) is 0.579. The summed E-state index contributed by atoms with van der Waals surface area (Å²) >= 11 is 0. The van der Waals surface area contributed by atoms with Crippen LogP contribution in [0.15, 0.2) is 29.4 Å². The van der Waals surface area contributed by atoms with Gasteiger partial charge in [0, 0.05) is 31.3 Å². The van der Waals surface area contributed by atoms with Crippen molar-refractivity contribution >= 4 is 17.8 Å². The number of nitrogens with zero attached hydrogens (tertiary/aromatic N) is 2. The van der Waals surface area contributed by atoms with Crippen molar-refractivity contribution in [3.63, 3.8) is 0 Å². The molecule has 0 bridgehead atoms. The zero-order valence-electron chi connectivity index (χ0n) is 14.7. The van der Waals surface area contributed by atoms with Crippen LogP contribution in [0.2, 0.25) is 0 Å². The Kier molecular flexibility index (Phi) is 7.25. The molecule has 0 radical (unpaired) electrons. The van der Waals surface area contributed by atoms with E-state index in [1.54, 1.807) is 6.21 Å². The molecule has 1 amide bonds. The fourth-order valence-corrected chi connectivity index (χ4v) is 3.23. The minimum Gasteiger partial charge on any atom is -0.396 e. The molecule has 0 spiro atoms. The molecular weight excluding hydrogens is 302 g/mol. The van der Waals surface area contributed by atoms with Crippen molar-refractivity contribution in [3.05, 3.63) is 29.8 Å². The SMILES string of the molecule is CCN(CC)c1ccc(/C=N/NC(=O)C2CCC(CO)CC2)cc1. The molecule has 1 aromatic carbocycles. The van der Waals surface area contributed by atoms with Gasteiger partial charge in [-0.2, -0.15) is 5.10 Å². The maximum absolute atomic E-state index is 12.1. The number of aliphatic hydroxyl groups excluding tert-OH is 1. The van der Waals surface area contributed by atoms with Gasteiger partial charge < -0.3 is 10.0 Å². The quantitative estimate of drug-likeness (QED) is 0.596. The van der Waals surface area contributed by atoms with E-state index in [1.165, 1.54) is 5.69 Å². The predicted octanol–water partition coefficient (Wildman–Crippen LogP) is 2.78. The Morgan fingerprint density at radius 3 is 2.38 bits per heavy atom. The van der Waals surface area contributed by atoms with Crippen LogP contribution in [0.5, 0.6) is 0 Å². The largest absolute Gasteiger partial charge is 0.396 e. The fourth-order valence-electron chi connectivity index (χ4n) is 3.23. The summed E-state index contributed by atoms with van der Waals surface area (Å²) in [7, 11) is 0. The molecule has 24 heavy (non-hydrogen) atoms. The van der Waals surface area contributed by atoms with E-state index in [-0.39, 0.29) is 18.4 Å². The molecule has 0 heterocycles. The number of carbonyl (C=O) groups excluding carboxylic acids is 1. The molecule has 1 fully saturated rings. The van der Waals surface area contributed by atoms with Crippen LogP contribution in [0.25, 0.3) is 0 Å². The van der Waals surface area contributed by atoms with Crippen LogP contribution in [0.1, 0.15) is 45.1 Å². The maximum atomic E-state index is 12.1. The molecule has 0 unspecified atom stereocenters. The van der Waals surface area contributed by atoms with Crippen molar-refractivity contribution in [3.8, 4) is 0 Å². The van der Waals surface area contributed by atoms with Gasteiger partial charge >= 0.3 is 0 Å². The molecule has 2 rings (SSSR count).